The Morgan fingerprint density at radius 2 is 1.88 bits per heavy atom. The number of carbonyl (C=O) groups excluding carboxylic acids is 1. The molecule has 0 saturated heterocycles. The molecule has 0 heterocycles. The zero-order chi connectivity index (χ0) is 12.0. The van der Waals surface area contributed by atoms with E-state index < -0.39 is 11.9 Å². The number of hydrogen-bond donors (Lipinski definition) is 1. The quantitative estimate of drug-likeness (QED) is 0.750. The molecule has 86 valence electrons. The first kappa shape index (κ1) is 12.4. The molecule has 0 amide bonds. The third kappa shape index (κ3) is 3.19. The molecule has 0 aliphatic carbocycles. The van der Waals surface area contributed by atoms with Gasteiger partial charge in [0.1, 0.15) is 5.92 Å². The molecular formula is C13H16O3. The first-order chi connectivity index (χ1) is 7.66. The van der Waals surface area contributed by atoms with Crippen LogP contribution in [0.3, 0.4) is 0 Å². The molecule has 1 aromatic carbocycles. The van der Waals surface area contributed by atoms with Gasteiger partial charge in [0, 0.05) is 6.42 Å². The van der Waals surface area contributed by atoms with E-state index >= 15 is 0 Å². The Morgan fingerprint density at radius 3 is 2.38 bits per heavy atom. The predicted octanol–water partition coefficient (Wildman–Crippen LogP) is 2.61. The molecule has 0 fully saturated rings. The molecule has 1 rings (SSSR count). The molecule has 0 spiro atoms. The summed E-state index contributed by atoms with van der Waals surface area (Å²) >= 11 is 0. The molecule has 1 aromatic rings. The zero-order valence-corrected chi connectivity index (χ0v) is 9.35. The van der Waals surface area contributed by atoms with Gasteiger partial charge in [-0.05, 0) is 12.0 Å². The van der Waals surface area contributed by atoms with Gasteiger partial charge in [0.2, 0.25) is 0 Å². The normalized spacial score (nSPS) is 12.1. The van der Waals surface area contributed by atoms with E-state index in [4.69, 9.17) is 5.11 Å². The van der Waals surface area contributed by atoms with Crippen LogP contribution in [-0.2, 0) is 9.59 Å². The van der Waals surface area contributed by atoms with E-state index in [1.165, 1.54) is 0 Å². The van der Waals surface area contributed by atoms with Gasteiger partial charge >= 0.3 is 5.97 Å². The maximum atomic E-state index is 11.8. The summed E-state index contributed by atoms with van der Waals surface area (Å²) in [7, 11) is 0. The van der Waals surface area contributed by atoms with Crippen molar-refractivity contribution < 1.29 is 14.7 Å². The van der Waals surface area contributed by atoms with E-state index in [-0.39, 0.29) is 5.78 Å². The molecular weight excluding hydrogens is 204 g/mol. The van der Waals surface area contributed by atoms with E-state index in [2.05, 4.69) is 0 Å². The number of Topliss-reactive ketones (excluding diaryl/α,β-unsaturated/α-hetero) is 1. The Bertz CT molecular complexity index is 357. The van der Waals surface area contributed by atoms with Crippen LogP contribution in [0.5, 0.6) is 0 Å². The van der Waals surface area contributed by atoms with Crippen molar-refractivity contribution in [3.63, 3.8) is 0 Å². The Kier molecular flexibility index (Phi) is 4.70. The van der Waals surface area contributed by atoms with Crippen molar-refractivity contribution in [3.05, 3.63) is 35.9 Å². The van der Waals surface area contributed by atoms with E-state index in [1.54, 1.807) is 30.3 Å². The number of carboxylic acid groups (broad SMARTS) is 1. The molecule has 16 heavy (non-hydrogen) atoms. The molecule has 0 bridgehead atoms. The van der Waals surface area contributed by atoms with Crippen LogP contribution in [0, 0.1) is 0 Å². The topological polar surface area (TPSA) is 54.4 Å². The summed E-state index contributed by atoms with van der Waals surface area (Å²) in [5.74, 6) is -2.28. The smallest absolute Gasteiger partial charge is 0.318 e. The van der Waals surface area contributed by atoms with Crippen molar-refractivity contribution in [2.24, 2.45) is 0 Å². The minimum atomic E-state index is -1.06. The molecule has 1 unspecified atom stereocenters. The SMILES string of the molecule is CCCCC(=O)C(C(=O)O)c1ccccc1. The minimum Gasteiger partial charge on any atom is -0.480 e. The molecule has 3 heteroatoms. The van der Waals surface area contributed by atoms with E-state index in [0.717, 1.165) is 12.8 Å². The molecule has 1 atom stereocenters. The van der Waals surface area contributed by atoms with Gasteiger partial charge in [-0.3, -0.25) is 9.59 Å². The number of ketones is 1. The second-order valence-electron chi connectivity index (χ2n) is 3.75. The summed E-state index contributed by atoms with van der Waals surface area (Å²) in [6, 6.07) is 8.67. The van der Waals surface area contributed by atoms with Gasteiger partial charge in [-0.25, -0.2) is 0 Å². The van der Waals surface area contributed by atoms with Gasteiger partial charge in [-0.2, -0.15) is 0 Å². The van der Waals surface area contributed by atoms with Crippen LogP contribution in [-0.4, -0.2) is 16.9 Å². The standard InChI is InChI=1S/C13H16O3/c1-2-3-9-11(14)12(13(15)16)10-7-5-4-6-8-10/h4-8,12H,2-3,9H2,1H3,(H,15,16). The lowest BCUT2D eigenvalue weighted by Crippen LogP contribution is -2.21. The van der Waals surface area contributed by atoms with Crippen molar-refractivity contribution in [3.8, 4) is 0 Å². The van der Waals surface area contributed by atoms with Gasteiger partial charge in [0.15, 0.2) is 5.78 Å². The van der Waals surface area contributed by atoms with Crippen molar-refractivity contribution in [2.45, 2.75) is 32.1 Å². The summed E-state index contributed by atoms with van der Waals surface area (Å²) in [6.45, 7) is 1.98. The fourth-order valence-corrected chi connectivity index (χ4v) is 1.61. The van der Waals surface area contributed by atoms with Crippen LogP contribution < -0.4 is 0 Å². The van der Waals surface area contributed by atoms with Crippen LogP contribution in [0.15, 0.2) is 30.3 Å². The Hall–Kier alpha value is -1.64. The van der Waals surface area contributed by atoms with E-state index in [1.807, 2.05) is 6.92 Å². The third-order valence-corrected chi connectivity index (χ3v) is 2.48. The highest BCUT2D eigenvalue weighted by atomic mass is 16.4. The highest BCUT2D eigenvalue weighted by Gasteiger charge is 2.26. The maximum Gasteiger partial charge on any atom is 0.318 e. The molecule has 0 radical (unpaired) electrons. The lowest BCUT2D eigenvalue weighted by atomic mass is 9.92. The number of carboxylic acids is 1. The number of hydrogen-bond acceptors (Lipinski definition) is 2. The maximum absolute atomic E-state index is 11.8. The highest BCUT2D eigenvalue weighted by Crippen LogP contribution is 2.19. The third-order valence-electron chi connectivity index (χ3n) is 2.48. The lowest BCUT2D eigenvalue weighted by Gasteiger charge is -2.11. The van der Waals surface area contributed by atoms with E-state index in [0.29, 0.717) is 12.0 Å². The molecule has 0 saturated carbocycles. The Balaban J connectivity index is 2.84. The van der Waals surface area contributed by atoms with Crippen LogP contribution >= 0.6 is 0 Å². The number of unbranched alkanes of at least 4 members (excludes halogenated alkanes) is 1. The second-order valence-corrected chi connectivity index (χ2v) is 3.75. The Morgan fingerprint density at radius 1 is 1.25 bits per heavy atom. The van der Waals surface area contributed by atoms with Gasteiger partial charge < -0.3 is 5.11 Å². The average molecular weight is 220 g/mol. The van der Waals surface area contributed by atoms with Crippen LogP contribution in [0.25, 0.3) is 0 Å². The summed E-state index contributed by atoms with van der Waals surface area (Å²) < 4.78 is 0. The summed E-state index contributed by atoms with van der Waals surface area (Å²) in [6.07, 6.45) is 1.98. The van der Waals surface area contributed by atoms with Crippen molar-refractivity contribution in [1.82, 2.24) is 0 Å². The first-order valence-corrected chi connectivity index (χ1v) is 5.47. The largest absolute Gasteiger partial charge is 0.480 e. The summed E-state index contributed by atoms with van der Waals surface area (Å²) in [4.78, 5) is 22.8. The fourth-order valence-electron chi connectivity index (χ4n) is 1.61. The fraction of sp³-hybridized carbons (Fsp3) is 0.385. The number of rotatable bonds is 6. The summed E-state index contributed by atoms with van der Waals surface area (Å²) in [5, 5.41) is 9.08. The molecule has 0 aliphatic rings. The molecule has 0 aliphatic heterocycles. The molecule has 0 aromatic heterocycles. The molecule has 3 nitrogen and oxygen atoms in total. The van der Waals surface area contributed by atoms with Crippen LogP contribution in [0.2, 0.25) is 0 Å². The number of carbonyl (C=O) groups is 2. The lowest BCUT2D eigenvalue weighted by molar-refractivity contribution is -0.142. The Labute approximate surface area is 95.1 Å². The minimum absolute atomic E-state index is 0.208. The molecule has 1 N–H and O–H groups in total. The van der Waals surface area contributed by atoms with Crippen LogP contribution in [0.4, 0.5) is 0 Å². The zero-order valence-electron chi connectivity index (χ0n) is 9.35. The number of benzene rings is 1. The van der Waals surface area contributed by atoms with Crippen molar-refractivity contribution in [2.75, 3.05) is 0 Å². The van der Waals surface area contributed by atoms with Crippen LogP contribution in [0.1, 0.15) is 37.7 Å². The van der Waals surface area contributed by atoms with Gasteiger partial charge in [0.05, 0.1) is 0 Å². The number of aliphatic carboxylic acids is 1. The van der Waals surface area contributed by atoms with Gasteiger partial charge in [0.25, 0.3) is 0 Å². The summed E-state index contributed by atoms with van der Waals surface area (Å²) in [5.41, 5.74) is 0.566. The predicted molar refractivity (Wildman–Crippen MR) is 61.4 cm³/mol. The van der Waals surface area contributed by atoms with Crippen molar-refractivity contribution in [1.29, 1.82) is 0 Å². The monoisotopic (exact) mass is 220 g/mol. The van der Waals surface area contributed by atoms with Gasteiger partial charge in [-0.15, -0.1) is 0 Å². The average Bonchev–Trinajstić information content (AvgIpc) is 2.27. The highest BCUT2D eigenvalue weighted by molar-refractivity contribution is 6.03. The van der Waals surface area contributed by atoms with Crippen molar-refractivity contribution >= 4 is 11.8 Å². The van der Waals surface area contributed by atoms with Gasteiger partial charge in [-0.1, -0.05) is 43.7 Å². The van der Waals surface area contributed by atoms with E-state index in [9.17, 15) is 9.59 Å². The first-order valence-electron chi connectivity index (χ1n) is 5.47. The second kappa shape index (κ2) is 6.05.